The Balaban J connectivity index is 2.10. The normalized spacial score (nSPS) is 11.4. The van der Waals surface area contributed by atoms with E-state index >= 15 is 0 Å². The molecule has 0 saturated heterocycles. The van der Waals surface area contributed by atoms with Crippen LogP contribution in [0.25, 0.3) is 0 Å². The van der Waals surface area contributed by atoms with Gasteiger partial charge in [0.15, 0.2) is 0 Å². The fourth-order valence-electron chi connectivity index (χ4n) is 2.01. The highest BCUT2D eigenvalue weighted by Crippen LogP contribution is 2.32. The minimum atomic E-state index is -4.32. The average Bonchev–Trinajstić information content (AvgIpc) is 2.45. The predicted molar refractivity (Wildman–Crippen MR) is 74.6 cm³/mol. The van der Waals surface area contributed by atoms with E-state index in [0.717, 1.165) is 18.2 Å². The van der Waals surface area contributed by atoms with Gasteiger partial charge in [-0.1, -0.05) is 37.3 Å². The summed E-state index contributed by atoms with van der Waals surface area (Å²) < 4.78 is 38.5. The Morgan fingerprint density at radius 2 is 1.60 bits per heavy atom. The van der Waals surface area contributed by atoms with Crippen molar-refractivity contribution in [2.24, 2.45) is 0 Å². The number of hydrogen-bond acceptors (Lipinski definition) is 1. The summed E-state index contributed by atoms with van der Waals surface area (Å²) >= 11 is 0. The predicted octanol–water partition coefficient (Wildman–Crippen LogP) is 4.88. The molecule has 0 radical (unpaired) electrons. The third-order valence-corrected chi connectivity index (χ3v) is 3.17. The van der Waals surface area contributed by atoms with Crippen molar-refractivity contribution < 1.29 is 13.2 Å². The molecular weight excluding hydrogens is 263 g/mol. The zero-order valence-electron chi connectivity index (χ0n) is 11.2. The Labute approximate surface area is 116 Å². The number of rotatable bonds is 4. The standard InChI is InChI=1S/C16H16F3N/c1-2-12-7-9-14(10-8-12)20-11-13-5-3-4-6-15(13)16(17,18)19/h3-10,20H,2,11H2,1H3. The molecule has 0 bridgehead atoms. The van der Waals surface area contributed by atoms with Crippen molar-refractivity contribution in [2.75, 3.05) is 5.32 Å². The molecule has 0 heterocycles. The largest absolute Gasteiger partial charge is 0.416 e. The summed E-state index contributed by atoms with van der Waals surface area (Å²) in [5.41, 5.74) is 1.68. The van der Waals surface area contributed by atoms with Gasteiger partial charge in [0.25, 0.3) is 0 Å². The van der Waals surface area contributed by atoms with E-state index in [4.69, 9.17) is 0 Å². The van der Waals surface area contributed by atoms with Crippen LogP contribution in [0.15, 0.2) is 48.5 Å². The maximum absolute atomic E-state index is 12.8. The molecule has 0 aliphatic heterocycles. The molecule has 20 heavy (non-hydrogen) atoms. The van der Waals surface area contributed by atoms with Crippen LogP contribution in [-0.2, 0) is 19.1 Å². The van der Waals surface area contributed by atoms with Crippen molar-refractivity contribution in [2.45, 2.75) is 26.1 Å². The van der Waals surface area contributed by atoms with E-state index in [2.05, 4.69) is 12.2 Å². The van der Waals surface area contributed by atoms with E-state index < -0.39 is 11.7 Å². The number of anilines is 1. The Morgan fingerprint density at radius 3 is 2.20 bits per heavy atom. The topological polar surface area (TPSA) is 12.0 Å². The van der Waals surface area contributed by atoms with Crippen LogP contribution < -0.4 is 5.32 Å². The van der Waals surface area contributed by atoms with Crippen molar-refractivity contribution >= 4 is 5.69 Å². The van der Waals surface area contributed by atoms with Crippen molar-refractivity contribution in [3.63, 3.8) is 0 Å². The van der Waals surface area contributed by atoms with Gasteiger partial charge in [0.2, 0.25) is 0 Å². The zero-order valence-corrected chi connectivity index (χ0v) is 11.2. The third-order valence-electron chi connectivity index (χ3n) is 3.17. The number of alkyl halides is 3. The van der Waals surface area contributed by atoms with Gasteiger partial charge >= 0.3 is 6.18 Å². The number of hydrogen-bond donors (Lipinski definition) is 1. The molecule has 0 aliphatic carbocycles. The van der Waals surface area contributed by atoms with Gasteiger partial charge in [0, 0.05) is 12.2 Å². The molecule has 1 nitrogen and oxygen atoms in total. The molecular formula is C16H16F3N. The summed E-state index contributed by atoms with van der Waals surface area (Å²) in [5, 5.41) is 3.02. The lowest BCUT2D eigenvalue weighted by Crippen LogP contribution is -2.11. The maximum atomic E-state index is 12.8. The molecule has 0 aliphatic rings. The molecule has 0 fully saturated rings. The molecule has 1 N–H and O–H groups in total. The Bertz CT molecular complexity index is 559. The molecule has 106 valence electrons. The van der Waals surface area contributed by atoms with Crippen LogP contribution in [-0.4, -0.2) is 0 Å². The molecule has 0 amide bonds. The summed E-state index contributed by atoms with van der Waals surface area (Å²) in [7, 11) is 0. The van der Waals surface area contributed by atoms with Gasteiger partial charge in [-0.25, -0.2) is 0 Å². The summed E-state index contributed by atoms with van der Waals surface area (Å²) in [6.45, 7) is 2.21. The molecule has 0 saturated carbocycles. The quantitative estimate of drug-likeness (QED) is 0.841. The monoisotopic (exact) mass is 279 g/mol. The Morgan fingerprint density at radius 1 is 0.950 bits per heavy atom. The van der Waals surface area contributed by atoms with E-state index in [1.165, 1.54) is 17.7 Å². The molecule has 0 atom stereocenters. The van der Waals surface area contributed by atoms with Gasteiger partial charge < -0.3 is 5.32 Å². The minimum Gasteiger partial charge on any atom is -0.381 e. The fourth-order valence-corrected chi connectivity index (χ4v) is 2.01. The average molecular weight is 279 g/mol. The second-order valence-electron chi connectivity index (χ2n) is 4.56. The highest BCUT2D eigenvalue weighted by atomic mass is 19.4. The Hall–Kier alpha value is -1.97. The van der Waals surface area contributed by atoms with E-state index in [1.54, 1.807) is 6.07 Å². The first-order valence-corrected chi connectivity index (χ1v) is 6.48. The lowest BCUT2D eigenvalue weighted by molar-refractivity contribution is -0.138. The fraction of sp³-hybridized carbons (Fsp3) is 0.250. The first-order valence-electron chi connectivity index (χ1n) is 6.48. The lowest BCUT2D eigenvalue weighted by atomic mass is 10.1. The van der Waals surface area contributed by atoms with Crippen LogP contribution in [0, 0.1) is 0 Å². The minimum absolute atomic E-state index is 0.154. The first-order chi connectivity index (χ1) is 9.50. The van der Waals surface area contributed by atoms with Crippen LogP contribution in [0.4, 0.5) is 18.9 Å². The van der Waals surface area contributed by atoms with Gasteiger partial charge in [0.05, 0.1) is 5.56 Å². The highest BCUT2D eigenvalue weighted by molar-refractivity contribution is 5.46. The third kappa shape index (κ3) is 3.53. The lowest BCUT2D eigenvalue weighted by Gasteiger charge is -2.14. The van der Waals surface area contributed by atoms with Gasteiger partial charge in [-0.2, -0.15) is 13.2 Å². The second kappa shape index (κ2) is 5.99. The second-order valence-corrected chi connectivity index (χ2v) is 4.56. The highest BCUT2D eigenvalue weighted by Gasteiger charge is 2.32. The molecule has 2 rings (SSSR count). The molecule has 2 aromatic rings. The number of halogens is 3. The van der Waals surface area contributed by atoms with Crippen LogP contribution in [0.3, 0.4) is 0 Å². The van der Waals surface area contributed by atoms with E-state index in [-0.39, 0.29) is 12.1 Å². The van der Waals surface area contributed by atoms with Gasteiger partial charge in [0.1, 0.15) is 0 Å². The van der Waals surface area contributed by atoms with E-state index in [1.807, 2.05) is 24.3 Å². The van der Waals surface area contributed by atoms with Crippen molar-refractivity contribution in [1.29, 1.82) is 0 Å². The maximum Gasteiger partial charge on any atom is 0.416 e. The molecule has 0 aromatic heterocycles. The van der Waals surface area contributed by atoms with Gasteiger partial charge in [-0.3, -0.25) is 0 Å². The molecule has 0 unspecified atom stereocenters. The van der Waals surface area contributed by atoms with Crippen LogP contribution in [0.1, 0.15) is 23.6 Å². The zero-order chi connectivity index (χ0) is 14.6. The smallest absolute Gasteiger partial charge is 0.381 e. The van der Waals surface area contributed by atoms with Crippen LogP contribution >= 0.6 is 0 Å². The number of nitrogens with one attached hydrogen (secondary N) is 1. The van der Waals surface area contributed by atoms with Gasteiger partial charge in [-0.05, 0) is 35.7 Å². The number of aryl methyl sites for hydroxylation is 1. The first kappa shape index (κ1) is 14.4. The molecule has 4 heteroatoms. The molecule has 0 spiro atoms. The Kier molecular flexibility index (Phi) is 4.32. The summed E-state index contributed by atoms with van der Waals surface area (Å²) in [6.07, 6.45) is -3.37. The SMILES string of the molecule is CCc1ccc(NCc2ccccc2C(F)(F)F)cc1. The summed E-state index contributed by atoms with van der Waals surface area (Å²) in [5.74, 6) is 0. The summed E-state index contributed by atoms with van der Waals surface area (Å²) in [6, 6.07) is 13.3. The number of benzene rings is 2. The summed E-state index contributed by atoms with van der Waals surface area (Å²) in [4.78, 5) is 0. The van der Waals surface area contributed by atoms with E-state index in [9.17, 15) is 13.2 Å². The van der Waals surface area contributed by atoms with E-state index in [0.29, 0.717) is 0 Å². The van der Waals surface area contributed by atoms with Crippen LogP contribution in [0.2, 0.25) is 0 Å². The van der Waals surface area contributed by atoms with Gasteiger partial charge in [-0.15, -0.1) is 0 Å². The van der Waals surface area contributed by atoms with Crippen molar-refractivity contribution in [1.82, 2.24) is 0 Å². The van der Waals surface area contributed by atoms with Crippen LogP contribution in [0.5, 0.6) is 0 Å². The van der Waals surface area contributed by atoms with Crippen molar-refractivity contribution in [3.8, 4) is 0 Å². The van der Waals surface area contributed by atoms with Crippen molar-refractivity contribution in [3.05, 3.63) is 65.2 Å². The molecule has 2 aromatic carbocycles.